The number of piperazine rings is 1. The lowest BCUT2D eigenvalue weighted by molar-refractivity contribution is -0.163. The second-order valence-corrected chi connectivity index (χ2v) is 6.54. The second kappa shape index (κ2) is 8.07. The number of carbonyl (C=O) groups is 2. The molecule has 1 saturated heterocycles. The maximum atomic E-state index is 12.4. The third-order valence-electron chi connectivity index (χ3n) is 3.78. The van der Waals surface area contributed by atoms with Crippen molar-refractivity contribution in [3.63, 3.8) is 0 Å². The van der Waals surface area contributed by atoms with Gasteiger partial charge in [0.1, 0.15) is 12.2 Å². The van der Waals surface area contributed by atoms with Crippen molar-refractivity contribution in [2.24, 2.45) is 0 Å². The highest BCUT2D eigenvalue weighted by Gasteiger charge is 2.35. The van der Waals surface area contributed by atoms with Crippen LogP contribution in [0.4, 0.5) is 13.2 Å². The van der Waals surface area contributed by atoms with Crippen molar-refractivity contribution in [2.45, 2.75) is 25.6 Å². The molecule has 0 saturated carbocycles. The van der Waals surface area contributed by atoms with Gasteiger partial charge in [0.2, 0.25) is 5.91 Å². The molecule has 5 nitrogen and oxygen atoms in total. The molecule has 25 heavy (non-hydrogen) atoms. The smallest absolute Gasteiger partial charge is 0.397 e. The Labute approximate surface area is 151 Å². The number of carbonyl (C=O) groups excluding carboxylic acids is 2. The normalized spacial score (nSPS) is 16.5. The van der Waals surface area contributed by atoms with Crippen molar-refractivity contribution in [3.8, 4) is 5.75 Å². The lowest BCUT2D eigenvalue weighted by Gasteiger charge is -2.36. The molecule has 1 atom stereocenters. The third-order valence-corrected chi connectivity index (χ3v) is 4.44. The number of benzene rings is 1. The Morgan fingerprint density at radius 3 is 2.28 bits per heavy atom. The number of amides is 2. The summed E-state index contributed by atoms with van der Waals surface area (Å²) in [6.45, 7) is 2.16. The molecule has 0 bridgehead atoms. The van der Waals surface area contributed by atoms with Gasteiger partial charge in [-0.3, -0.25) is 9.59 Å². The Bertz CT molecular complexity index is 631. The lowest BCUT2D eigenvalue weighted by Crippen LogP contribution is -2.53. The molecule has 9 heteroatoms. The fraction of sp³-hybridized carbons (Fsp3) is 0.500. The second-order valence-electron chi connectivity index (χ2n) is 5.69. The number of hydrogen-bond donors (Lipinski definition) is 0. The summed E-state index contributed by atoms with van der Waals surface area (Å²) in [5.74, 6) is -0.696. The van der Waals surface area contributed by atoms with Crippen LogP contribution >= 0.6 is 15.9 Å². The van der Waals surface area contributed by atoms with Gasteiger partial charge in [-0.25, -0.2) is 0 Å². The fourth-order valence-electron chi connectivity index (χ4n) is 2.50. The van der Waals surface area contributed by atoms with Crippen LogP contribution in [0.3, 0.4) is 0 Å². The van der Waals surface area contributed by atoms with Crippen LogP contribution in [0.5, 0.6) is 5.75 Å². The summed E-state index contributed by atoms with van der Waals surface area (Å²) in [5, 5.41) is 0. The van der Waals surface area contributed by atoms with Crippen LogP contribution in [0.1, 0.15) is 13.3 Å². The Morgan fingerprint density at radius 2 is 1.72 bits per heavy atom. The molecule has 0 spiro atoms. The number of halogens is 4. The predicted octanol–water partition coefficient (Wildman–Crippen LogP) is 2.84. The van der Waals surface area contributed by atoms with Gasteiger partial charge in [0.15, 0.2) is 6.10 Å². The van der Waals surface area contributed by atoms with E-state index in [9.17, 15) is 22.8 Å². The summed E-state index contributed by atoms with van der Waals surface area (Å²) in [4.78, 5) is 26.6. The zero-order valence-electron chi connectivity index (χ0n) is 13.6. The van der Waals surface area contributed by atoms with Crippen LogP contribution in [0.2, 0.25) is 0 Å². The van der Waals surface area contributed by atoms with Crippen LogP contribution in [0.15, 0.2) is 28.7 Å². The molecule has 0 aliphatic carbocycles. The van der Waals surface area contributed by atoms with Gasteiger partial charge in [0, 0.05) is 26.2 Å². The van der Waals surface area contributed by atoms with Crippen molar-refractivity contribution in [3.05, 3.63) is 28.7 Å². The van der Waals surface area contributed by atoms with Crippen LogP contribution < -0.4 is 4.74 Å². The molecule has 1 aliphatic rings. The van der Waals surface area contributed by atoms with Gasteiger partial charge >= 0.3 is 6.18 Å². The molecular weight excluding hydrogens is 405 g/mol. The molecule has 1 aromatic carbocycles. The van der Waals surface area contributed by atoms with E-state index in [1.165, 1.54) is 4.90 Å². The number of para-hydroxylation sites is 1. The first-order valence-corrected chi connectivity index (χ1v) is 8.51. The van der Waals surface area contributed by atoms with E-state index in [-0.39, 0.29) is 32.1 Å². The summed E-state index contributed by atoms with van der Waals surface area (Å²) in [6.07, 6.45) is -6.73. The van der Waals surface area contributed by atoms with E-state index in [0.717, 1.165) is 9.37 Å². The SMILES string of the molecule is CC(Oc1ccccc1Br)C(=O)N1CCN(C(=O)CC(F)(F)F)CC1. The van der Waals surface area contributed by atoms with E-state index in [0.29, 0.717) is 5.75 Å². The van der Waals surface area contributed by atoms with Gasteiger partial charge in [-0.05, 0) is 35.0 Å². The van der Waals surface area contributed by atoms with Gasteiger partial charge in [-0.15, -0.1) is 0 Å². The minimum Gasteiger partial charge on any atom is -0.480 e. The maximum absolute atomic E-state index is 12.4. The summed E-state index contributed by atoms with van der Waals surface area (Å²) < 4.78 is 43.2. The van der Waals surface area contributed by atoms with Gasteiger partial charge in [0.25, 0.3) is 5.91 Å². The zero-order chi connectivity index (χ0) is 18.6. The van der Waals surface area contributed by atoms with Gasteiger partial charge in [0.05, 0.1) is 4.47 Å². The van der Waals surface area contributed by atoms with Crippen molar-refractivity contribution in [1.29, 1.82) is 0 Å². The molecule has 138 valence electrons. The molecular formula is C16H18BrF3N2O3. The first kappa shape index (κ1) is 19.6. The average Bonchev–Trinajstić information content (AvgIpc) is 2.55. The number of nitrogens with zero attached hydrogens (tertiary/aromatic N) is 2. The predicted molar refractivity (Wildman–Crippen MR) is 88.1 cm³/mol. The van der Waals surface area contributed by atoms with Gasteiger partial charge in [-0.2, -0.15) is 13.2 Å². The van der Waals surface area contributed by atoms with Crippen molar-refractivity contribution < 1.29 is 27.5 Å². The highest BCUT2D eigenvalue weighted by molar-refractivity contribution is 9.10. The molecule has 0 radical (unpaired) electrons. The highest BCUT2D eigenvalue weighted by Crippen LogP contribution is 2.25. The van der Waals surface area contributed by atoms with Crippen molar-refractivity contribution >= 4 is 27.7 Å². The highest BCUT2D eigenvalue weighted by atomic mass is 79.9. The molecule has 0 aromatic heterocycles. The van der Waals surface area contributed by atoms with Crippen LogP contribution in [0.25, 0.3) is 0 Å². The molecule has 1 fully saturated rings. The van der Waals surface area contributed by atoms with E-state index in [2.05, 4.69) is 15.9 Å². The zero-order valence-corrected chi connectivity index (χ0v) is 15.1. The minimum absolute atomic E-state index is 0.0857. The molecule has 1 aliphatic heterocycles. The van der Waals surface area contributed by atoms with Gasteiger partial charge in [-0.1, -0.05) is 12.1 Å². The minimum atomic E-state index is -4.52. The quantitative estimate of drug-likeness (QED) is 0.749. The Hall–Kier alpha value is -1.77. The largest absolute Gasteiger partial charge is 0.480 e. The van der Waals surface area contributed by atoms with Crippen molar-refractivity contribution in [1.82, 2.24) is 9.80 Å². The number of ether oxygens (including phenoxy) is 1. The molecule has 1 heterocycles. The molecule has 2 rings (SSSR count). The van der Waals surface area contributed by atoms with E-state index >= 15 is 0 Å². The maximum Gasteiger partial charge on any atom is 0.397 e. The summed E-state index contributed by atoms with van der Waals surface area (Å²) >= 11 is 3.33. The van der Waals surface area contributed by atoms with E-state index in [1.807, 2.05) is 6.07 Å². The monoisotopic (exact) mass is 422 g/mol. The fourth-order valence-corrected chi connectivity index (χ4v) is 2.88. The first-order chi connectivity index (χ1) is 11.7. The topological polar surface area (TPSA) is 49.9 Å². The van der Waals surface area contributed by atoms with E-state index in [4.69, 9.17) is 4.74 Å². The first-order valence-electron chi connectivity index (χ1n) is 7.72. The summed E-state index contributed by atoms with van der Waals surface area (Å²) in [5.41, 5.74) is 0. The Morgan fingerprint density at radius 1 is 1.16 bits per heavy atom. The van der Waals surface area contributed by atoms with Crippen LogP contribution in [-0.4, -0.2) is 60.1 Å². The summed E-state index contributed by atoms with van der Waals surface area (Å²) in [7, 11) is 0. The van der Waals surface area contributed by atoms with Crippen LogP contribution in [-0.2, 0) is 9.59 Å². The summed E-state index contributed by atoms with van der Waals surface area (Å²) in [6, 6.07) is 7.11. The van der Waals surface area contributed by atoms with Crippen LogP contribution in [0, 0.1) is 0 Å². The molecule has 1 aromatic rings. The number of hydrogen-bond acceptors (Lipinski definition) is 3. The third kappa shape index (κ3) is 5.62. The van der Waals surface area contributed by atoms with E-state index in [1.54, 1.807) is 25.1 Å². The Kier molecular flexibility index (Phi) is 6.31. The van der Waals surface area contributed by atoms with Gasteiger partial charge < -0.3 is 14.5 Å². The average molecular weight is 423 g/mol. The lowest BCUT2D eigenvalue weighted by atomic mass is 10.2. The van der Waals surface area contributed by atoms with Crippen molar-refractivity contribution in [2.75, 3.05) is 26.2 Å². The Balaban J connectivity index is 1.86. The van der Waals surface area contributed by atoms with E-state index < -0.39 is 24.6 Å². The number of rotatable bonds is 4. The standard InChI is InChI=1S/C16H18BrF3N2O3/c1-11(25-13-5-3-2-4-12(13)17)15(24)22-8-6-21(7-9-22)14(23)10-16(18,19)20/h2-5,11H,6-10H2,1H3. The molecule has 0 N–H and O–H groups in total. The molecule has 1 unspecified atom stereocenters. The number of alkyl halides is 3. The molecule has 2 amide bonds.